The highest BCUT2D eigenvalue weighted by atomic mass is 32.2. The van der Waals surface area contributed by atoms with Gasteiger partial charge in [0.15, 0.2) is 0 Å². The molecule has 0 aliphatic heterocycles. The molecule has 1 N–H and O–H groups in total. The van der Waals surface area contributed by atoms with Crippen LogP contribution in [0.2, 0.25) is 0 Å². The van der Waals surface area contributed by atoms with E-state index in [2.05, 4.69) is 62.7 Å². The summed E-state index contributed by atoms with van der Waals surface area (Å²) in [5, 5.41) is 16.0. The molecular weight excluding hydrogens is 324 g/mol. The number of aromatic nitrogens is 5. The van der Waals surface area contributed by atoms with Crippen molar-refractivity contribution < 1.29 is 4.79 Å². The maximum atomic E-state index is 11.9. The first-order valence-corrected chi connectivity index (χ1v) is 8.80. The fraction of sp³-hybridized carbons (Fsp3) is 0.375. The highest BCUT2D eigenvalue weighted by Gasteiger charge is 2.08. The number of nitrogens with one attached hydrogen (secondary N) is 1. The average Bonchev–Trinajstić information content (AvgIpc) is 3.12. The Morgan fingerprint density at radius 3 is 2.96 bits per heavy atom. The van der Waals surface area contributed by atoms with Gasteiger partial charge in [-0.2, -0.15) is 0 Å². The fourth-order valence-corrected chi connectivity index (χ4v) is 3.31. The molecule has 126 valence electrons. The van der Waals surface area contributed by atoms with Gasteiger partial charge in [-0.1, -0.05) is 30.0 Å². The van der Waals surface area contributed by atoms with E-state index in [-0.39, 0.29) is 5.91 Å². The van der Waals surface area contributed by atoms with Gasteiger partial charge in [-0.15, -0.1) is 5.10 Å². The van der Waals surface area contributed by atoms with Crippen LogP contribution in [-0.2, 0) is 18.4 Å². The highest BCUT2D eigenvalue weighted by Crippen LogP contribution is 2.19. The van der Waals surface area contributed by atoms with Gasteiger partial charge in [-0.25, -0.2) is 4.68 Å². The van der Waals surface area contributed by atoms with Crippen LogP contribution in [0.4, 0.5) is 0 Å². The summed E-state index contributed by atoms with van der Waals surface area (Å²) in [7, 11) is 1.75. The van der Waals surface area contributed by atoms with E-state index in [1.807, 2.05) is 0 Å². The van der Waals surface area contributed by atoms with Gasteiger partial charge < -0.3 is 9.88 Å². The van der Waals surface area contributed by atoms with Crippen LogP contribution in [0.1, 0.15) is 12.1 Å². The summed E-state index contributed by atoms with van der Waals surface area (Å²) in [5.41, 5.74) is 2.49. The van der Waals surface area contributed by atoms with Crippen LogP contribution in [-0.4, -0.2) is 43.0 Å². The molecule has 0 atom stereocenters. The lowest BCUT2D eigenvalue weighted by atomic mass is 10.2. The number of nitrogens with zero attached hydrogens (tertiary/aromatic N) is 5. The zero-order chi connectivity index (χ0) is 16.9. The lowest BCUT2D eigenvalue weighted by molar-refractivity contribution is -0.118. The van der Waals surface area contributed by atoms with Crippen molar-refractivity contribution in [3.8, 4) is 0 Å². The second kappa shape index (κ2) is 7.48. The van der Waals surface area contributed by atoms with Gasteiger partial charge in [0.05, 0.1) is 5.75 Å². The SMILES string of the molecule is Cc1cc2ccccc2n1CCCNC(=O)CSc1nnnn1C. The zero-order valence-electron chi connectivity index (χ0n) is 13.8. The molecule has 0 bridgehead atoms. The van der Waals surface area contributed by atoms with E-state index in [1.165, 1.54) is 28.4 Å². The second-order valence-corrected chi connectivity index (χ2v) is 6.52. The number of tetrazole rings is 1. The number of amides is 1. The molecule has 8 heteroatoms. The smallest absolute Gasteiger partial charge is 0.230 e. The number of carbonyl (C=O) groups excluding carboxylic acids is 1. The van der Waals surface area contributed by atoms with E-state index in [0.717, 1.165) is 13.0 Å². The number of benzene rings is 1. The third kappa shape index (κ3) is 3.76. The number of carbonyl (C=O) groups is 1. The number of hydrogen-bond acceptors (Lipinski definition) is 5. The molecule has 1 amide bonds. The Kier molecular flexibility index (Phi) is 5.14. The van der Waals surface area contributed by atoms with Crippen LogP contribution in [0, 0.1) is 6.92 Å². The summed E-state index contributed by atoms with van der Waals surface area (Å²) in [4.78, 5) is 11.9. The molecule has 0 saturated carbocycles. The van der Waals surface area contributed by atoms with Gasteiger partial charge >= 0.3 is 0 Å². The number of hydrogen-bond donors (Lipinski definition) is 1. The van der Waals surface area contributed by atoms with Crippen LogP contribution in [0.5, 0.6) is 0 Å². The molecule has 2 heterocycles. The molecule has 0 fully saturated rings. The fourth-order valence-electron chi connectivity index (χ4n) is 2.63. The Hall–Kier alpha value is -2.35. The van der Waals surface area contributed by atoms with Crippen molar-refractivity contribution in [2.45, 2.75) is 25.0 Å². The summed E-state index contributed by atoms with van der Waals surface area (Å²) in [6, 6.07) is 10.6. The largest absolute Gasteiger partial charge is 0.355 e. The third-order valence-corrected chi connectivity index (χ3v) is 4.82. The number of para-hydroxylation sites is 1. The average molecular weight is 344 g/mol. The van der Waals surface area contributed by atoms with E-state index in [1.54, 1.807) is 11.7 Å². The van der Waals surface area contributed by atoms with Crippen molar-refractivity contribution in [3.63, 3.8) is 0 Å². The topological polar surface area (TPSA) is 77.6 Å². The van der Waals surface area contributed by atoms with Crippen molar-refractivity contribution in [3.05, 3.63) is 36.0 Å². The van der Waals surface area contributed by atoms with Gasteiger partial charge in [0.2, 0.25) is 11.1 Å². The van der Waals surface area contributed by atoms with Gasteiger partial charge in [-0.05, 0) is 41.3 Å². The van der Waals surface area contributed by atoms with E-state index in [0.29, 0.717) is 17.5 Å². The Labute approximate surface area is 144 Å². The van der Waals surface area contributed by atoms with Crippen LogP contribution < -0.4 is 5.32 Å². The zero-order valence-corrected chi connectivity index (χ0v) is 14.6. The molecule has 1 aromatic carbocycles. The first-order chi connectivity index (χ1) is 11.6. The summed E-state index contributed by atoms with van der Waals surface area (Å²) in [6.45, 7) is 3.66. The molecule has 0 spiro atoms. The minimum Gasteiger partial charge on any atom is -0.355 e. The van der Waals surface area contributed by atoms with Gasteiger partial charge in [0.25, 0.3) is 0 Å². The minimum absolute atomic E-state index is 0.00270. The molecule has 3 rings (SSSR count). The standard InChI is InChI=1S/C16H20N6OS/c1-12-10-13-6-3-4-7-14(13)22(12)9-5-8-17-15(23)11-24-16-18-19-20-21(16)2/h3-4,6-7,10H,5,8-9,11H2,1-2H3,(H,17,23). The van der Waals surface area contributed by atoms with Crippen LogP contribution in [0.3, 0.4) is 0 Å². The van der Waals surface area contributed by atoms with Crippen LogP contribution in [0.15, 0.2) is 35.5 Å². The Morgan fingerprint density at radius 2 is 2.17 bits per heavy atom. The van der Waals surface area contributed by atoms with Crippen LogP contribution >= 0.6 is 11.8 Å². The number of aryl methyl sites for hydroxylation is 3. The summed E-state index contributed by atoms with van der Waals surface area (Å²) < 4.78 is 3.85. The number of rotatable bonds is 7. The first-order valence-electron chi connectivity index (χ1n) is 7.82. The van der Waals surface area contributed by atoms with Crippen molar-refractivity contribution in [2.75, 3.05) is 12.3 Å². The van der Waals surface area contributed by atoms with Crippen molar-refractivity contribution in [1.29, 1.82) is 0 Å². The molecule has 0 saturated heterocycles. The van der Waals surface area contributed by atoms with E-state index >= 15 is 0 Å². The Bertz CT molecular complexity index is 840. The normalized spacial score (nSPS) is 11.1. The Balaban J connectivity index is 1.44. The highest BCUT2D eigenvalue weighted by molar-refractivity contribution is 7.99. The summed E-state index contributed by atoms with van der Waals surface area (Å²) in [5.74, 6) is 0.316. The molecule has 7 nitrogen and oxygen atoms in total. The first kappa shape index (κ1) is 16.5. The van der Waals surface area contributed by atoms with Gasteiger partial charge in [0, 0.05) is 31.3 Å². The lowest BCUT2D eigenvalue weighted by Crippen LogP contribution is -2.27. The van der Waals surface area contributed by atoms with E-state index < -0.39 is 0 Å². The van der Waals surface area contributed by atoms with E-state index in [9.17, 15) is 4.79 Å². The monoisotopic (exact) mass is 344 g/mol. The Morgan fingerprint density at radius 1 is 1.33 bits per heavy atom. The van der Waals surface area contributed by atoms with Crippen LogP contribution in [0.25, 0.3) is 10.9 Å². The van der Waals surface area contributed by atoms with Crippen molar-refractivity contribution in [2.24, 2.45) is 7.05 Å². The molecular formula is C16H20N6OS. The maximum Gasteiger partial charge on any atom is 0.230 e. The summed E-state index contributed by atoms with van der Waals surface area (Å²) in [6.07, 6.45) is 0.890. The van der Waals surface area contributed by atoms with Crippen molar-refractivity contribution >= 4 is 28.6 Å². The van der Waals surface area contributed by atoms with Gasteiger partial charge in [-0.3, -0.25) is 4.79 Å². The molecule has 24 heavy (non-hydrogen) atoms. The lowest BCUT2D eigenvalue weighted by Gasteiger charge is -2.09. The number of thioether (sulfide) groups is 1. The molecule has 0 radical (unpaired) electrons. The number of fused-ring (bicyclic) bond motifs is 1. The van der Waals surface area contributed by atoms with E-state index in [4.69, 9.17) is 0 Å². The molecule has 0 aliphatic carbocycles. The quantitative estimate of drug-likeness (QED) is 0.522. The maximum absolute atomic E-state index is 11.9. The predicted octanol–water partition coefficient (Wildman–Crippen LogP) is 1.77. The van der Waals surface area contributed by atoms with Gasteiger partial charge in [0.1, 0.15) is 0 Å². The molecule has 0 aliphatic rings. The summed E-state index contributed by atoms with van der Waals surface area (Å²) >= 11 is 1.33. The molecule has 2 aromatic heterocycles. The molecule has 0 unspecified atom stereocenters. The molecule has 3 aromatic rings. The third-order valence-electron chi connectivity index (χ3n) is 3.81. The minimum atomic E-state index is -0.00270. The second-order valence-electron chi connectivity index (χ2n) is 5.57. The predicted molar refractivity (Wildman–Crippen MR) is 93.8 cm³/mol. The van der Waals surface area contributed by atoms with Crippen molar-refractivity contribution in [1.82, 2.24) is 30.1 Å².